The van der Waals surface area contributed by atoms with Gasteiger partial charge in [0.25, 0.3) is 0 Å². The van der Waals surface area contributed by atoms with Crippen molar-refractivity contribution < 1.29 is 9.53 Å². The highest BCUT2D eigenvalue weighted by atomic mass is 35.5. The molecular formula is C14H17Cl2NO2. The Labute approximate surface area is 123 Å². The molecule has 1 N–H and O–H groups in total. The number of nitrogens with one attached hydrogen (secondary N) is 1. The van der Waals surface area contributed by atoms with Gasteiger partial charge in [0.1, 0.15) is 0 Å². The second-order valence-corrected chi connectivity index (χ2v) is 5.60. The zero-order valence-corrected chi connectivity index (χ0v) is 12.3. The van der Waals surface area contributed by atoms with Gasteiger partial charge < -0.3 is 10.1 Å². The molecule has 0 unspecified atom stereocenters. The van der Waals surface area contributed by atoms with Crippen molar-refractivity contribution in [2.24, 2.45) is 0 Å². The Morgan fingerprint density at radius 3 is 2.74 bits per heavy atom. The van der Waals surface area contributed by atoms with Crippen LogP contribution in [0.25, 0.3) is 0 Å². The second kappa shape index (κ2) is 6.60. The monoisotopic (exact) mass is 301 g/mol. The maximum atomic E-state index is 12.0. The van der Waals surface area contributed by atoms with Crippen molar-refractivity contribution >= 4 is 29.1 Å². The van der Waals surface area contributed by atoms with Crippen LogP contribution >= 0.6 is 23.2 Å². The van der Waals surface area contributed by atoms with E-state index < -0.39 is 0 Å². The van der Waals surface area contributed by atoms with Gasteiger partial charge in [-0.2, -0.15) is 0 Å². The van der Waals surface area contributed by atoms with Gasteiger partial charge in [0.05, 0.1) is 18.6 Å². The molecule has 1 amide bonds. The molecule has 1 aliphatic heterocycles. The normalized spacial score (nSPS) is 20.3. The third kappa shape index (κ3) is 3.85. The molecule has 0 spiro atoms. The Bertz CT molecular complexity index is 439. The fraction of sp³-hybridized carbons (Fsp3) is 0.500. The summed E-state index contributed by atoms with van der Waals surface area (Å²) in [5.41, 5.74) is 0.669. The standard InChI is InChI=1S/C14H17Cl2NO2/c1-9(13-6-3-7-19-13)17-14(18)8-10-11(15)4-2-5-12(10)16/h2,4-5,9,13H,3,6-8H2,1H3,(H,17,18)/t9-,13-/m0/s1. The van der Waals surface area contributed by atoms with Gasteiger partial charge >= 0.3 is 0 Å². The Balaban J connectivity index is 1.93. The Kier molecular flexibility index (Phi) is 5.08. The van der Waals surface area contributed by atoms with Crippen LogP contribution in [-0.2, 0) is 16.0 Å². The van der Waals surface area contributed by atoms with Crippen LogP contribution in [0.15, 0.2) is 18.2 Å². The maximum Gasteiger partial charge on any atom is 0.224 e. The van der Waals surface area contributed by atoms with E-state index in [1.807, 2.05) is 6.92 Å². The number of carbonyl (C=O) groups is 1. The van der Waals surface area contributed by atoms with Crippen molar-refractivity contribution in [3.8, 4) is 0 Å². The van der Waals surface area contributed by atoms with Crippen LogP contribution < -0.4 is 5.32 Å². The number of benzene rings is 1. The van der Waals surface area contributed by atoms with Gasteiger partial charge in [-0.15, -0.1) is 0 Å². The van der Waals surface area contributed by atoms with Crippen molar-refractivity contribution in [3.05, 3.63) is 33.8 Å². The van der Waals surface area contributed by atoms with Crippen LogP contribution in [0.3, 0.4) is 0 Å². The fourth-order valence-electron chi connectivity index (χ4n) is 2.26. The van der Waals surface area contributed by atoms with E-state index in [0.717, 1.165) is 19.4 Å². The fourth-order valence-corrected chi connectivity index (χ4v) is 2.79. The molecule has 19 heavy (non-hydrogen) atoms. The number of hydrogen-bond acceptors (Lipinski definition) is 2. The number of rotatable bonds is 4. The minimum absolute atomic E-state index is 0.0104. The quantitative estimate of drug-likeness (QED) is 0.927. The average Bonchev–Trinajstić information content (AvgIpc) is 2.88. The summed E-state index contributed by atoms with van der Waals surface area (Å²) in [6.45, 7) is 2.74. The predicted molar refractivity (Wildman–Crippen MR) is 76.7 cm³/mol. The summed E-state index contributed by atoms with van der Waals surface area (Å²) < 4.78 is 5.55. The Morgan fingerprint density at radius 1 is 1.47 bits per heavy atom. The summed E-state index contributed by atoms with van der Waals surface area (Å²) >= 11 is 12.1. The minimum Gasteiger partial charge on any atom is -0.376 e. The molecule has 0 aliphatic carbocycles. The molecule has 0 radical (unpaired) electrons. The molecule has 1 fully saturated rings. The van der Waals surface area contributed by atoms with Crippen molar-refractivity contribution in [3.63, 3.8) is 0 Å². The summed E-state index contributed by atoms with van der Waals surface area (Å²) in [4.78, 5) is 12.0. The molecule has 2 rings (SSSR count). The van der Waals surface area contributed by atoms with E-state index >= 15 is 0 Å². The number of amides is 1. The highest BCUT2D eigenvalue weighted by molar-refractivity contribution is 6.36. The molecule has 1 aliphatic rings. The van der Waals surface area contributed by atoms with Crippen LogP contribution in [0.5, 0.6) is 0 Å². The van der Waals surface area contributed by atoms with E-state index in [1.54, 1.807) is 18.2 Å². The molecule has 0 aromatic heterocycles. The highest BCUT2D eigenvalue weighted by Gasteiger charge is 2.24. The van der Waals surface area contributed by atoms with E-state index in [1.165, 1.54) is 0 Å². The van der Waals surface area contributed by atoms with Crippen LogP contribution in [0.1, 0.15) is 25.3 Å². The van der Waals surface area contributed by atoms with Crippen LogP contribution in [-0.4, -0.2) is 24.7 Å². The van der Waals surface area contributed by atoms with E-state index in [0.29, 0.717) is 15.6 Å². The Hall–Kier alpha value is -0.770. The predicted octanol–water partition coefficient (Wildman–Crippen LogP) is 3.22. The summed E-state index contributed by atoms with van der Waals surface area (Å²) in [5, 5.41) is 3.99. The maximum absolute atomic E-state index is 12.0. The number of halogens is 2. The van der Waals surface area contributed by atoms with Crippen molar-refractivity contribution in [2.45, 2.75) is 38.3 Å². The topological polar surface area (TPSA) is 38.3 Å². The first-order chi connectivity index (χ1) is 9.08. The van der Waals surface area contributed by atoms with E-state index in [-0.39, 0.29) is 24.5 Å². The summed E-state index contributed by atoms with van der Waals surface area (Å²) in [6, 6.07) is 5.25. The molecule has 1 aromatic carbocycles. The molecule has 3 nitrogen and oxygen atoms in total. The SMILES string of the molecule is C[C@H](NC(=O)Cc1c(Cl)cccc1Cl)[C@@H]1CCCO1. The first-order valence-corrected chi connectivity index (χ1v) is 7.17. The molecule has 1 saturated heterocycles. The van der Waals surface area contributed by atoms with Gasteiger partial charge in [0.2, 0.25) is 5.91 Å². The van der Waals surface area contributed by atoms with Crippen molar-refractivity contribution in [1.29, 1.82) is 0 Å². The van der Waals surface area contributed by atoms with Gasteiger partial charge in [-0.05, 0) is 37.5 Å². The van der Waals surface area contributed by atoms with Crippen molar-refractivity contribution in [1.82, 2.24) is 5.32 Å². The van der Waals surface area contributed by atoms with Gasteiger partial charge in [-0.3, -0.25) is 4.79 Å². The smallest absolute Gasteiger partial charge is 0.224 e. The zero-order valence-electron chi connectivity index (χ0n) is 10.8. The lowest BCUT2D eigenvalue weighted by Gasteiger charge is -2.20. The minimum atomic E-state index is -0.0852. The van der Waals surface area contributed by atoms with Gasteiger partial charge in [0.15, 0.2) is 0 Å². The highest BCUT2D eigenvalue weighted by Crippen LogP contribution is 2.24. The molecule has 5 heteroatoms. The number of ether oxygens (including phenoxy) is 1. The summed E-state index contributed by atoms with van der Waals surface area (Å²) in [6.07, 6.45) is 2.36. The van der Waals surface area contributed by atoms with Gasteiger partial charge in [-0.25, -0.2) is 0 Å². The van der Waals surface area contributed by atoms with Crippen LogP contribution in [0.2, 0.25) is 10.0 Å². The van der Waals surface area contributed by atoms with Gasteiger partial charge in [-0.1, -0.05) is 29.3 Å². The zero-order chi connectivity index (χ0) is 13.8. The Morgan fingerprint density at radius 2 is 2.16 bits per heavy atom. The molecule has 1 heterocycles. The first-order valence-electron chi connectivity index (χ1n) is 6.42. The first kappa shape index (κ1) is 14.6. The van der Waals surface area contributed by atoms with Crippen molar-refractivity contribution in [2.75, 3.05) is 6.61 Å². The van der Waals surface area contributed by atoms with Gasteiger partial charge in [0, 0.05) is 16.7 Å². The number of carbonyl (C=O) groups excluding carboxylic acids is 1. The average molecular weight is 302 g/mol. The lowest BCUT2D eigenvalue weighted by Crippen LogP contribution is -2.41. The molecule has 1 aromatic rings. The molecule has 0 bridgehead atoms. The van der Waals surface area contributed by atoms with E-state index in [4.69, 9.17) is 27.9 Å². The lowest BCUT2D eigenvalue weighted by molar-refractivity contribution is -0.121. The second-order valence-electron chi connectivity index (χ2n) is 4.78. The molecule has 0 saturated carbocycles. The molecule has 104 valence electrons. The molecular weight excluding hydrogens is 285 g/mol. The number of hydrogen-bond donors (Lipinski definition) is 1. The third-order valence-corrected chi connectivity index (χ3v) is 4.02. The van der Waals surface area contributed by atoms with Crippen LogP contribution in [0.4, 0.5) is 0 Å². The summed E-state index contributed by atoms with van der Waals surface area (Å²) in [5.74, 6) is -0.0852. The lowest BCUT2D eigenvalue weighted by atomic mass is 10.1. The van der Waals surface area contributed by atoms with Crippen LogP contribution in [0, 0.1) is 0 Å². The third-order valence-electron chi connectivity index (χ3n) is 3.31. The van der Waals surface area contributed by atoms with E-state index in [9.17, 15) is 4.79 Å². The van der Waals surface area contributed by atoms with E-state index in [2.05, 4.69) is 5.32 Å². The summed E-state index contributed by atoms with van der Waals surface area (Å²) in [7, 11) is 0. The molecule has 2 atom stereocenters. The largest absolute Gasteiger partial charge is 0.376 e.